The van der Waals surface area contributed by atoms with Crippen molar-refractivity contribution in [3.63, 3.8) is 0 Å². The number of hydrogen-bond donors (Lipinski definition) is 0. The van der Waals surface area contributed by atoms with Crippen LogP contribution in [0.2, 0.25) is 0 Å². The van der Waals surface area contributed by atoms with Crippen LogP contribution < -0.4 is 5.32 Å². The third-order valence-electron chi connectivity index (χ3n) is 1.66. The number of rotatable bonds is 2. The van der Waals surface area contributed by atoms with Gasteiger partial charge in [-0.25, -0.2) is 5.32 Å². The van der Waals surface area contributed by atoms with Gasteiger partial charge in [-0.3, -0.25) is 0 Å². The average molecular weight is 127 g/mol. The topological polar surface area (TPSA) is 17.3 Å². The molecule has 1 aliphatic rings. The molecule has 1 rings (SSSR count). The molecule has 53 valence electrons. The molecule has 0 aromatic heterocycles. The molecule has 0 bridgehead atoms. The minimum atomic E-state index is 0.639. The normalized spacial score (nSPS) is 27.7. The van der Waals surface area contributed by atoms with E-state index in [1.807, 2.05) is 0 Å². The van der Waals surface area contributed by atoms with Crippen LogP contribution in [0.5, 0.6) is 0 Å². The van der Waals surface area contributed by atoms with Crippen LogP contribution in [0.3, 0.4) is 0 Å². The summed E-state index contributed by atoms with van der Waals surface area (Å²) in [5.41, 5.74) is 0. The van der Waals surface area contributed by atoms with Gasteiger partial charge in [-0.15, -0.1) is 0 Å². The van der Waals surface area contributed by atoms with E-state index < -0.39 is 0 Å². The summed E-state index contributed by atoms with van der Waals surface area (Å²) in [6.07, 6.45) is 2.61. The molecule has 0 aliphatic carbocycles. The first-order valence-electron chi connectivity index (χ1n) is 3.60. The molecule has 1 fully saturated rings. The van der Waals surface area contributed by atoms with Gasteiger partial charge >= 0.3 is 0 Å². The molecule has 0 amide bonds. The summed E-state index contributed by atoms with van der Waals surface area (Å²) in [4.78, 5) is 2.21. The Hall–Kier alpha value is -0.0800. The van der Waals surface area contributed by atoms with Crippen LogP contribution in [-0.4, -0.2) is 38.1 Å². The molecule has 1 heterocycles. The molecular formula is C7H15N2. The van der Waals surface area contributed by atoms with E-state index in [-0.39, 0.29) is 0 Å². The van der Waals surface area contributed by atoms with Crippen LogP contribution in [0, 0.1) is 0 Å². The van der Waals surface area contributed by atoms with Crippen molar-refractivity contribution in [3.8, 4) is 0 Å². The van der Waals surface area contributed by atoms with Gasteiger partial charge in [0.25, 0.3) is 0 Å². The van der Waals surface area contributed by atoms with E-state index in [1.165, 1.54) is 12.8 Å². The quantitative estimate of drug-likeness (QED) is 0.522. The molecule has 0 saturated carbocycles. The Balaban J connectivity index is 2.11. The third kappa shape index (κ3) is 2.33. The second kappa shape index (κ2) is 3.18. The summed E-state index contributed by atoms with van der Waals surface area (Å²) < 4.78 is 0. The molecule has 1 aliphatic heterocycles. The van der Waals surface area contributed by atoms with Crippen LogP contribution in [0.4, 0.5) is 0 Å². The molecule has 2 nitrogen and oxygen atoms in total. The van der Waals surface area contributed by atoms with Gasteiger partial charge in [0.1, 0.15) is 0 Å². The smallest absolute Gasteiger partial charge is 0.0373 e. The fraction of sp³-hybridized carbons (Fsp3) is 1.00. The second-order valence-corrected chi connectivity index (χ2v) is 2.96. The Labute approximate surface area is 57.2 Å². The van der Waals surface area contributed by atoms with Crippen molar-refractivity contribution < 1.29 is 0 Å². The highest BCUT2D eigenvalue weighted by Crippen LogP contribution is 2.06. The Morgan fingerprint density at radius 2 is 2.33 bits per heavy atom. The van der Waals surface area contributed by atoms with Gasteiger partial charge in [-0.1, -0.05) is 0 Å². The van der Waals surface area contributed by atoms with E-state index >= 15 is 0 Å². The maximum atomic E-state index is 4.43. The molecule has 9 heavy (non-hydrogen) atoms. The van der Waals surface area contributed by atoms with Gasteiger partial charge in [-0.2, -0.15) is 0 Å². The summed E-state index contributed by atoms with van der Waals surface area (Å²) >= 11 is 0. The summed E-state index contributed by atoms with van der Waals surface area (Å²) in [5, 5.41) is 4.43. The molecule has 2 heteroatoms. The van der Waals surface area contributed by atoms with E-state index in [4.69, 9.17) is 0 Å². The monoisotopic (exact) mass is 127 g/mol. The van der Waals surface area contributed by atoms with E-state index in [0.29, 0.717) is 6.04 Å². The van der Waals surface area contributed by atoms with Crippen molar-refractivity contribution in [2.45, 2.75) is 18.9 Å². The van der Waals surface area contributed by atoms with Gasteiger partial charge in [0.15, 0.2) is 0 Å². The molecule has 0 N–H and O–H groups in total. The standard InChI is InChI=1S/C7H15N2/c1-9(2)6-7-4-3-5-8-7/h7H,3-6H2,1-2H3/t7-/m0/s1. The van der Waals surface area contributed by atoms with E-state index in [0.717, 1.165) is 13.1 Å². The summed E-state index contributed by atoms with van der Waals surface area (Å²) in [6.45, 7) is 2.23. The van der Waals surface area contributed by atoms with E-state index in [9.17, 15) is 0 Å². The van der Waals surface area contributed by atoms with Gasteiger partial charge in [-0.05, 0) is 26.9 Å². The number of nitrogens with zero attached hydrogens (tertiary/aromatic N) is 2. The lowest BCUT2D eigenvalue weighted by molar-refractivity contribution is 0.355. The summed E-state index contributed by atoms with van der Waals surface area (Å²) in [6, 6.07) is 0.639. The third-order valence-corrected chi connectivity index (χ3v) is 1.66. The SMILES string of the molecule is CN(C)C[C@@H]1CCC[N]1. The lowest BCUT2D eigenvalue weighted by Crippen LogP contribution is -2.29. The summed E-state index contributed by atoms with van der Waals surface area (Å²) in [5.74, 6) is 0. The zero-order chi connectivity index (χ0) is 6.69. The molecule has 1 atom stereocenters. The largest absolute Gasteiger partial charge is 0.308 e. The van der Waals surface area contributed by atoms with Gasteiger partial charge < -0.3 is 4.90 Å². The average Bonchev–Trinajstić information content (AvgIpc) is 2.15. The van der Waals surface area contributed by atoms with Crippen molar-refractivity contribution in [1.29, 1.82) is 0 Å². The first-order chi connectivity index (χ1) is 4.29. The van der Waals surface area contributed by atoms with E-state index in [1.54, 1.807) is 0 Å². The Kier molecular flexibility index (Phi) is 2.49. The molecule has 0 aromatic carbocycles. The van der Waals surface area contributed by atoms with Crippen molar-refractivity contribution in [2.24, 2.45) is 0 Å². The van der Waals surface area contributed by atoms with Crippen LogP contribution in [0.25, 0.3) is 0 Å². The fourth-order valence-electron chi connectivity index (χ4n) is 1.26. The summed E-state index contributed by atoms with van der Waals surface area (Å²) in [7, 11) is 4.21. The highest BCUT2D eigenvalue weighted by molar-refractivity contribution is 4.75. The van der Waals surface area contributed by atoms with Gasteiger partial charge in [0.2, 0.25) is 0 Å². The maximum absolute atomic E-state index is 4.43. The van der Waals surface area contributed by atoms with Gasteiger partial charge in [0, 0.05) is 19.1 Å². The zero-order valence-corrected chi connectivity index (χ0v) is 6.30. The molecule has 1 saturated heterocycles. The number of hydrogen-bond acceptors (Lipinski definition) is 1. The highest BCUT2D eigenvalue weighted by atomic mass is 15.1. The predicted molar refractivity (Wildman–Crippen MR) is 38.6 cm³/mol. The minimum absolute atomic E-state index is 0.639. The zero-order valence-electron chi connectivity index (χ0n) is 6.30. The minimum Gasteiger partial charge on any atom is -0.308 e. The molecule has 0 unspecified atom stereocenters. The Morgan fingerprint density at radius 3 is 2.78 bits per heavy atom. The highest BCUT2D eigenvalue weighted by Gasteiger charge is 2.15. The molecule has 1 radical (unpaired) electrons. The van der Waals surface area contributed by atoms with Crippen molar-refractivity contribution in [3.05, 3.63) is 0 Å². The first-order valence-corrected chi connectivity index (χ1v) is 3.60. The van der Waals surface area contributed by atoms with Crippen LogP contribution in [0.1, 0.15) is 12.8 Å². The van der Waals surface area contributed by atoms with Crippen LogP contribution >= 0.6 is 0 Å². The Morgan fingerprint density at radius 1 is 1.56 bits per heavy atom. The molecule has 0 aromatic rings. The molecular weight excluding hydrogens is 112 g/mol. The first kappa shape index (κ1) is 7.03. The lowest BCUT2D eigenvalue weighted by atomic mass is 10.2. The Bertz CT molecular complexity index is 75.0. The second-order valence-electron chi connectivity index (χ2n) is 2.96. The van der Waals surface area contributed by atoms with Crippen molar-refractivity contribution >= 4 is 0 Å². The van der Waals surface area contributed by atoms with Crippen LogP contribution in [-0.2, 0) is 0 Å². The lowest BCUT2D eigenvalue weighted by Gasteiger charge is -2.14. The van der Waals surface area contributed by atoms with Crippen molar-refractivity contribution in [2.75, 3.05) is 27.2 Å². The molecule has 0 spiro atoms. The van der Waals surface area contributed by atoms with Gasteiger partial charge in [0.05, 0.1) is 0 Å². The number of likely N-dealkylation sites (N-methyl/N-ethyl adjacent to an activating group) is 1. The van der Waals surface area contributed by atoms with Crippen molar-refractivity contribution in [1.82, 2.24) is 10.2 Å². The maximum Gasteiger partial charge on any atom is 0.0373 e. The predicted octanol–water partition coefficient (Wildman–Crippen LogP) is 0.315. The van der Waals surface area contributed by atoms with E-state index in [2.05, 4.69) is 24.3 Å². The fourth-order valence-corrected chi connectivity index (χ4v) is 1.26. The van der Waals surface area contributed by atoms with Crippen LogP contribution in [0.15, 0.2) is 0 Å².